The minimum atomic E-state index is 0. The van der Waals surface area contributed by atoms with Crippen molar-refractivity contribution in [2.24, 2.45) is 0 Å². The Bertz CT molecular complexity index is 686. The molecular weight excluding hydrogens is 487 g/mol. The van der Waals surface area contributed by atoms with Crippen molar-refractivity contribution >= 4 is 0 Å². The van der Waals surface area contributed by atoms with Gasteiger partial charge in [0.2, 0.25) is 0 Å². The van der Waals surface area contributed by atoms with Crippen molar-refractivity contribution in [3.63, 3.8) is 0 Å². The van der Waals surface area contributed by atoms with Crippen LogP contribution in [0, 0.1) is 18.2 Å². The Hall–Kier alpha value is -2.57. The van der Waals surface area contributed by atoms with Gasteiger partial charge in [0.05, 0.1) is 0 Å². The van der Waals surface area contributed by atoms with E-state index in [9.17, 15) is 0 Å². The molecule has 2 aromatic heterocycles. The van der Waals surface area contributed by atoms with Crippen molar-refractivity contribution in [1.29, 1.82) is 0 Å². The average Bonchev–Trinajstić information content (AvgIpc) is 2.71. The molecule has 0 saturated carbocycles. The van der Waals surface area contributed by atoms with E-state index in [0.717, 1.165) is 22.4 Å². The number of hydrogen-bond acceptors (Lipinski definition) is 2. The molecule has 0 aliphatic heterocycles. The second-order valence-electron chi connectivity index (χ2n) is 4.92. The molecule has 0 fully saturated rings. The average molecular weight is 502 g/mol. The van der Waals surface area contributed by atoms with E-state index in [0.29, 0.717) is 0 Å². The molecule has 0 aliphatic rings. The van der Waals surface area contributed by atoms with Gasteiger partial charge in [-0.3, -0.25) is 0 Å². The van der Waals surface area contributed by atoms with Crippen molar-refractivity contribution < 1.29 is 21.1 Å². The zero-order chi connectivity index (χ0) is 16.5. The third-order valence-corrected chi connectivity index (χ3v) is 3.25. The van der Waals surface area contributed by atoms with Gasteiger partial charge in [-0.05, 0) is 11.8 Å². The van der Waals surface area contributed by atoms with Gasteiger partial charge in [-0.15, -0.1) is 48.0 Å². The summed E-state index contributed by atoms with van der Waals surface area (Å²) in [6.45, 7) is 0. The van der Waals surface area contributed by atoms with Gasteiger partial charge >= 0.3 is 0 Å². The number of nitrogens with zero attached hydrogens (tertiary/aromatic N) is 2. The molecule has 3 heteroatoms. The van der Waals surface area contributed by atoms with Crippen molar-refractivity contribution in [3.05, 3.63) is 110 Å². The number of pyridine rings is 2. The van der Waals surface area contributed by atoms with E-state index in [2.05, 4.69) is 28.2 Å². The van der Waals surface area contributed by atoms with Crippen LogP contribution in [-0.4, -0.2) is 9.97 Å². The molecule has 4 aromatic rings. The molecule has 0 bridgehead atoms. The molecule has 126 valence electrons. The Balaban J connectivity index is 0.000000173. The zero-order valence-corrected chi connectivity index (χ0v) is 15.6. The fraction of sp³-hybridized carbons (Fsp3) is 0. The smallest absolute Gasteiger partial charge is 0.0160 e. The van der Waals surface area contributed by atoms with Crippen LogP contribution in [0.4, 0.5) is 0 Å². The maximum Gasteiger partial charge on any atom is 0.0160 e. The standard InChI is InChI=1S/C11H8N.C11H7N.Pt/c1-2-6-10(7-3-1)11-8-4-5-9-12-11;1-2-5-10(6-3-1)11-7-4-8-12-9-11;/h1-6,8-9H;1-5,8-9H;/q-1;-2;. The number of rotatable bonds is 2. The number of benzene rings is 2. The molecule has 0 saturated heterocycles. The van der Waals surface area contributed by atoms with Gasteiger partial charge in [-0.2, -0.15) is 30.3 Å². The van der Waals surface area contributed by atoms with Crippen LogP contribution in [0.3, 0.4) is 0 Å². The molecule has 2 nitrogen and oxygen atoms in total. The molecule has 0 radical (unpaired) electrons. The summed E-state index contributed by atoms with van der Waals surface area (Å²) in [4.78, 5) is 8.23. The van der Waals surface area contributed by atoms with E-state index in [-0.39, 0.29) is 21.1 Å². The first-order valence-electron chi connectivity index (χ1n) is 7.60. The minimum absolute atomic E-state index is 0. The molecule has 25 heavy (non-hydrogen) atoms. The minimum Gasteiger partial charge on any atom is -0.370 e. The van der Waals surface area contributed by atoms with Crippen LogP contribution >= 0.6 is 0 Å². The largest absolute Gasteiger partial charge is 0.370 e. The first-order chi connectivity index (χ1) is 11.9. The molecule has 2 heterocycles. The van der Waals surface area contributed by atoms with E-state index < -0.39 is 0 Å². The van der Waals surface area contributed by atoms with Gasteiger partial charge in [0.1, 0.15) is 0 Å². The van der Waals surface area contributed by atoms with E-state index in [1.807, 2.05) is 66.7 Å². The Kier molecular flexibility index (Phi) is 7.75. The molecule has 2 aromatic carbocycles. The van der Waals surface area contributed by atoms with Crippen molar-refractivity contribution in [2.45, 2.75) is 0 Å². The predicted octanol–water partition coefficient (Wildman–Crippen LogP) is 4.90. The van der Waals surface area contributed by atoms with Crippen molar-refractivity contribution in [2.75, 3.05) is 0 Å². The van der Waals surface area contributed by atoms with Crippen LogP contribution < -0.4 is 0 Å². The van der Waals surface area contributed by atoms with E-state index in [4.69, 9.17) is 0 Å². The fourth-order valence-electron chi connectivity index (χ4n) is 2.11. The van der Waals surface area contributed by atoms with Gasteiger partial charge < -0.3 is 9.97 Å². The monoisotopic (exact) mass is 502 g/mol. The third kappa shape index (κ3) is 5.77. The van der Waals surface area contributed by atoms with Crippen LogP contribution in [0.15, 0.2) is 91.4 Å². The van der Waals surface area contributed by atoms with E-state index in [1.165, 1.54) is 0 Å². The van der Waals surface area contributed by atoms with E-state index in [1.54, 1.807) is 24.7 Å². The molecule has 0 unspecified atom stereocenters. The maximum absolute atomic E-state index is 4.22. The normalized spacial score (nSPS) is 9.28. The molecule has 0 spiro atoms. The van der Waals surface area contributed by atoms with Crippen LogP contribution in [0.1, 0.15) is 0 Å². The molecule has 4 rings (SSSR count). The molecule has 0 atom stereocenters. The second kappa shape index (κ2) is 10.3. The van der Waals surface area contributed by atoms with Gasteiger partial charge in [0.15, 0.2) is 0 Å². The molecular formula is C22H15N2Pt-3. The summed E-state index contributed by atoms with van der Waals surface area (Å²) in [6.07, 6.45) is 5.29. The van der Waals surface area contributed by atoms with Gasteiger partial charge in [-0.1, -0.05) is 24.5 Å². The number of aromatic nitrogens is 2. The molecule has 0 N–H and O–H groups in total. The zero-order valence-electron chi connectivity index (χ0n) is 13.4. The Labute approximate surface area is 162 Å². The van der Waals surface area contributed by atoms with Crippen molar-refractivity contribution in [3.8, 4) is 22.4 Å². The fourth-order valence-corrected chi connectivity index (χ4v) is 2.11. The van der Waals surface area contributed by atoms with Crippen molar-refractivity contribution in [1.82, 2.24) is 9.97 Å². The Morgan fingerprint density at radius 2 is 1.28 bits per heavy atom. The van der Waals surface area contributed by atoms with Crippen LogP contribution in [0.2, 0.25) is 0 Å². The quantitative estimate of drug-likeness (QED) is 0.365. The Morgan fingerprint density at radius 3 is 1.84 bits per heavy atom. The third-order valence-electron chi connectivity index (χ3n) is 3.25. The van der Waals surface area contributed by atoms with Gasteiger partial charge in [0, 0.05) is 27.3 Å². The summed E-state index contributed by atoms with van der Waals surface area (Å²) in [6, 6.07) is 32.6. The predicted molar refractivity (Wildman–Crippen MR) is 95.9 cm³/mol. The Morgan fingerprint density at radius 1 is 0.600 bits per heavy atom. The first-order valence-corrected chi connectivity index (χ1v) is 7.60. The summed E-state index contributed by atoms with van der Waals surface area (Å²) in [5.41, 5.74) is 4.03. The summed E-state index contributed by atoms with van der Waals surface area (Å²) >= 11 is 0. The number of hydrogen-bond donors (Lipinski definition) is 0. The van der Waals surface area contributed by atoms with Crippen LogP contribution in [0.5, 0.6) is 0 Å². The maximum atomic E-state index is 4.22. The summed E-state index contributed by atoms with van der Waals surface area (Å²) < 4.78 is 0. The van der Waals surface area contributed by atoms with Crippen LogP contribution in [0.25, 0.3) is 22.4 Å². The van der Waals surface area contributed by atoms with Gasteiger partial charge in [0.25, 0.3) is 0 Å². The van der Waals surface area contributed by atoms with Gasteiger partial charge in [-0.25, -0.2) is 11.1 Å². The second-order valence-corrected chi connectivity index (χ2v) is 4.92. The van der Waals surface area contributed by atoms with E-state index >= 15 is 0 Å². The topological polar surface area (TPSA) is 25.8 Å². The SMILES string of the molecule is [Pt].[c-]1ccccc1-c1[c-]ccnc1.[c-]1ccccc1-c1ccccn1. The summed E-state index contributed by atoms with van der Waals surface area (Å²) in [7, 11) is 0. The van der Waals surface area contributed by atoms with Crippen LogP contribution in [-0.2, 0) is 21.1 Å². The molecule has 0 amide bonds. The summed E-state index contributed by atoms with van der Waals surface area (Å²) in [5, 5.41) is 0. The first kappa shape index (κ1) is 18.8. The summed E-state index contributed by atoms with van der Waals surface area (Å²) in [5.74, 6) is 0. The molecule has 0 aliphatic carbocycles.